The fourth-order valence-corrected chi connectivity index (χ4v) is 3.32. The SMILES string of the molecule is CN=C(NCCCC1CCCC1)NCCNC(=O)c1ccc(OC)cc1. The molecule has 0 radical (unpaired) electrons. The number of guanidine groups is 1. The summed E-state index contributed by atoms with van der Waals surface area (Å²) in [6, 6.07) is 7.08. The van der Waals surface area contributed by atoms with Gasteiger partial charge < -0.3 is 20.7 Å². The molecule has 26 heavy (non-hydrogen) atoms. The van der Waals surface area contributed by atoms with Gasteiger partial charge in [-0.25, -0.2) is 0 Å². The number of methoxy groups -OCH3 is 1. The van der Waals surface area contributed by atoms with Gasteiger partial charge in [0.2, 0.25) is 0 Å². The first-order valence-electron chi connectivity index (χ1n) is 9.59. The standard InChI is InChI=1S/C20H32N4O2/c1-21-20(23-13-5-8-16-6-3-4-7-16)24-15-14-22-19(25)17-9-11-18(26-2)12-10-17/h9-12,16H,3-8,13-15H2,1-2H3,(H,22,25)(H2,21,23,24). The van der Waals surface area contributed by atoms with Crippen molar-refractivity contribution in [3.8, 4) is 5.75 Å². The van der Waals surface area contributed by atoms with Crippen LogP contribution in [0.25, 0.3) is 0 Å². The fraction of sp³-hybridized carbons (Fsp3) is 0.600. The Morgan fingerprint density at radius 2 is 1.73 bits per heavy atom. The topological polar surface area (TPSA) is 74.8 Å². The van der Waals surface area contributed by atoms with Gasteiger partial charge in [-0.1, -0.05) is 25.7 Å². The molecule has 0 aliphatic heterocycles. The summed E-state index contributed by atoms with van der Waals surface area (Å²) in [5, 5.41) is 9.46. The smallest absolute Gasteiger partial charge is 0.251 e. The summed E-state index contributed by atoms with van der Waals surface area (Å²) in [5.74, 6) is 2.37. The number of nitrogens with zero attached hydrogens (tertiary/aromatic N) is 1. The number of nitrogens with one attached hydrogen (secondary N) is 3. The number of benzene rings is 1. The molecule has 0 atom stereocenters. The first-order valence-corrected chi connectivity index (χ1v) is 9.59. The van der Waals surface area contributed by atoms with E-state index < -0.39 is 0 Å². The van der Waals surface area contributed by atoms with Crippen LogP contribution in [0.5, 0.6) is 5.75 Å². The molecule has 6 heteroatoms. The van der Waals surface area contributed by atoms with Gasteiger partial charge in [0.05, 0.1) is 7.11 Å². The van der Waals surface area contributed by atoms with E-state index in [1.165, 1.54) is 38.5 Å². The average Bonchev–Trinajstić information content (AvgIpc) is 3.20. The van der Waals surface area contributed by atoms with E-state index in [1.807, 2.05) is 0 Å². The Morgan fingerprint density at radius 1 is 1.08 bits per heavy atom. The van der Waals surface area contributed by atoms with E-state index in [0.717, 1.165) is 24.2 Å². The first kappa shape index (κ1) is 20.1. The number of aliphatic imine (C=N–C) groups is 1. The van der Waals surface area contributed by atoms with E-state index in [1.54, 1.807) is 38.4 Å². The van der Waals surface area contributed by atoms with Crippen molar-refractivity contribution in [2.24, 2.45) is 10.9 Å². The van der Waals surface area contributed by atoms with Gasteiger partial charge in [-0.15, -0.1) is 0 Å². The first-order chi connectivity index (χ1) is 12.7. The van der Waals surface area contributed by atoms with Gasteiger partial charge in [0.15, 0.2) is 5.96 Å². The van der Waals surface area contributed by atoms with Gasteiger partial charge in [0.1, 0.15) is 5.75 Å². The van der Waals surface area contributed by atoms with Crippen LogP contribution in [0, 0.1) is 5.92 Å². The zero-order valence-electron chi connectivity index (χ0n) is 16.0. The van der Waals surface area contributed by atoms with Crippen LogP contribution in [0.4, 0.5) is 0 Å². The lowest BCUT2D eigenvalue weighted by Gasteiger charge is -2.13. The molecule has 0 saturated heterocycles. The van der Waals surface area contributed by atoms with Crippen LogP contribution in [0.1, 0.15) is 48.9 Å². The highest BCUT2D eigenvalue weighted by molar-refractivity contribution is 5.94. The van der Waals surface area contributed by atoms with Crippen LogP contribution >= 0.6 is 0 Å². The molecule has 3 N–H and O–H groups in total. The highest BCUT2D eigenvalue weighted by atomic mass is 16.5. The van der Waals surface area contributed by atoms with Crippen molar-refractivity contribution in [1.82, 2.24) is 16.0 Å². The number of amides is 1. The van der Waals surface area contributed by atoms with Crippen LogP contribution in [0.3, 0.4) is 0 Å². The van der Waals surface area contributed by atoms with Crippen molar-refractivity contribution in [1.29, 1.82) is 0 Å². The van der Waals surface area contributed by atoms with Gasteiger partial charge in [0, 0.05) is 32.2 Å². The second-order valence-corrected chi connectivity index (χ2v) is 6.70. The molecule has 0 heterocycles. The maximum absolute atomic E-state index is 12.1. The molecule has 0 bridgehead atoms. The van der Waals surface area contributed by atoms with E-state index in [4.69, 9.17) is 4.74 Å². The molecule has 1 aliphatic rings. The van der Waals surface area contributed by atoms with E-state index in [2.05, 4.69) is 20.9 Å². The predicted octanol–water partition coefficient (Wildman–Crippen LogP) is 2.56. The van der Waals surface area contributed by atoms with Gasteiger partial charge in [0.25, 0.3) is 5.91 Å². The third-order valence-corrected chi connectivity index (χ3v) is 4.84. The summed E-state index contributed by atoms with van der Waals surface area (Å²) in [7, 11) is 3.37. The predicted molar refractivity (Wildman–Crippen MR) is 106 cm³/mol. The van der Waals surface area contributed by atoms with Crippen molar-refractivity contribution in [2.75, 3.05) is 33.8 Å². The summed E-state index contributed by atoms with van der Waals surface area (Å²) in [5.41, 5.74) is 0.625. The Morgan fingerprint density at radius 3 is 2.38 bits per heavy atom. The second kappa shape index (κ2) is 11.4. The maximum Gasteiger partial charge on any atom is 0.251 e. The minimum absolute atomic E-state index is 0.0889. The van der Waals surface area contributed by atoms with Gasteiger partial charge in [-0.2, -0.15) is 0 Å². The summed E-state index contributed by atoms with van der Waals surface area (Å²) in [4.78, 5) is 16.3. The van der Waals surface area contributed by atoms with Crippen LogP contribution in [-0.4, -0.2) is 45.7 Å². The molecular weight excluding hydrogens is 328 g/mol. The highest BCUT2D eigenvalue weighted by Gasteiger charge is 2.14. The molecule has 1 aromatic rings. The van der Waals surface area contributed by atoms with E-state index in [9.17, 15) is 4.79 Å². The molecule has 1 amide bonds. The van der Waals surface area contributed by atoms with E-state index in [0.29, 0.717) is 18.7 Å². The molecular formula is C20H32N4O2. The lowest BCUT2D eigenvalue weighted by atomic mass is 10.0. The Kier molecular flexibility index (Phi) is 8.79. The number of carbonyl (C=O) groups is 1. The Hall–Kier alpha value is -2.24. The largest absolute Gasteiger partial charge is 0.497 e. The number of carbonyl (C=O) groups excluding carboxylic acids is 1. The van der Waals surface area contributed by atoms with Gasteiger partial charge >= 0.3 is 0 Å². The fourth-order valence-electron chi connectivity index (χ4n) is 3.32. The van der Waals surface area contributed by atoms with Crippen LogP contribution < -0.4 is 20.7 Å². The number of hydrogen-bond acceptors (Lipinski definition) is 3. The molecule has 1 aromatic carbocycles. The van der Waals surface area contributed by atoms with Crippen molar-refractivity contribution in [2.45, 2.75) is 38.5 Å². The van der Waals surface area contributed by atoms with Crippen LogP contribution in [0.2, 0.25) is 0 Å². The normalized spacial score (nSPS) is 14.9. The van der Waals surface area contributed by atoms with Crippen LogP contribution in [-0.2, 0) is 0 Å². The minimum Gasteiger partial charge on any atom is -0.497 e. The summed E-state index contributed by atoms with van der Waals surface area (Å²) in [6.07, 6.45) is 8.11. The monoisotopic (exact) mass is 360 g/mol. The molecule has 6 nitrogen and oxygen atoms in total. The quantitative estimate of drug-likeness (QED) is 0.359. The van der Waals surface area contributed by atoms with E-state index in [-0.39, 0.29) is 5.91 Å². The third-order valence-electron chi connectivity index (χ3n) is 4.84. The average molecular weight is 361 g/mol. The van der Waals surface area contributed by atoms with Crippen molar-refractivity contribution < 1.29 is 9.53 Å². The Bertz CT molecular complexity index is 566. The Balaban J connectivity index is 1.57. The molecule has 1 aliphatic carbocycles. The van der Waals surface area contributed by atoms with Crippen molar-refractivity contribution in [3.05, 3.63) is 29.8 Å². The number of ether oxygens (including phenoxy) is 1. The van der Waals surface area contributed by atoms with Crippen LogP contribution in [0.15, 0.2) is 29.3 Å². The molecule has 0 unspecified atom stereocenters. The molecule has 0 spiro atoms. The molecule has 144 valence electrons. The Labute approximate surface area is 156 Å². The molecule has 1 saturated carbocycles. The summed E-state index contributed by atoms with van der Waals surface area (Å²) in [6.45, 7) is 2.10. The number of hydrogen-bond donors (Lipinski definition) is 3. The lowest BCUT2D eigenvalue weighted by Crippen LogP contribution is -2.41. The zero-order chi connectivity index (χ0) is 18.6. The highest BCUT2D eigenvalue weighted by Crippen LogP contribution is 2.28. The van der Waals surface area contributed by atoms with Crippen molar-refractivity contribution >= 4 is 11.9 Å². The minimum atomic E-state index is -0.0889. The third kappa shape index (κ3) is 6.94. The van der Waals surface area contributed by atoms with Gasteiger partial charge in [-0.05, 0) is 43.0 Å². The molecule has 1 fully saturated rings. The second-order valence-electron chi connectivity index (χ2n) is 6.70. The molecule has 0 aromatic heterocycles. The van der Waals surface area contributed by atoms with E-state index >= 15 is 0 Å². The summed E-state index contributed by atoms with van der Waals surface area (Å²) >= 11 is 0. The van der Waals surface area contributed by atoms with Crippen molar-refractivity contribution in [3.63, 3.8) is 0 Å². The number of rotatable bonds is 9. The van der Waals surface area contributed by atoms with Gasteiger partial charge in [-0.3, -0.25) is 9.79 Å². The molecule has 2 rings (SSSR count). The lowest BCUT2D eigenvalue weighted by molar-refractivity contribution is 0.0954. The zero-order valence-corrected chi connectivity index (χ0v) is 16.0. The maximum atomic E-state index is 12.1. The summed E-state index contributed by atoms with van der Waals surface area (Å²) < 4.78 is 5.09.